The van der Waals surface area contributed by atoms with Crippen molar-refractivity contribution >= 4 is 40.3 Å². The number of aldehydes is 1. The first-order valence-electron chi connectivity index (χ1n) is 3.91. The van der Waals surface area contributed by atoms with Crippen molar-refractivity contribution in [3.63, 3.8) is 0 Å². The van der Waals surface area contributed by atoms with Crippen LogP contribution in [-0.2, 0) is 0 Å². The smallest absolute Gasteiger partial charge is 0.150 e. The minimum Gasteiger partial charge on any atom is -0.298 e. The van der Waals surface area contributed by atoms with Crippen molar-refractivity contribution in [2.45, 2.75) is 0 Å². The average Bonchev–Trinajstić information content (AvgIpc) is 2.23. The molecule has 1 heterocycles. The van der Waals surface area contributed by atoms with Crippen molar-refractivity contribution in [3.05, 3.63) is 40.1 Å². The predicted molar refractivity (Wildman–Crippen MR) is 57.2 cm³/mol. The van der Waals surface area contributed by atoms with Gasteiger partial charge in [-0.05, 0) is 6.07 Å². The minimum absolute atomic E-state index is 0.355. The molecule has 0 atom stereocenters. The lowest BCUT2D eigenvalue weighted by Gasteiger charge is -2.02. The molecule has 70 valence electrons. The van der Waals surface area contributed by atoms with E-state index in [-0.39, 0.29) is 0 Å². The van der Waals surface area contributed by atoms with Crippen LogP contribution in [0, 0.1) is 0 Å². The Morgan fingerprint density at radius 1 is 1.21 bits per heavy atom. The van der Waals surface area contributed by atoms with E-state index in [1.807, 2.05) is 0 Å². The highest BCUT2D eigenvalue weighted by molar-refractivity contribution is 6.39. The Hall–Kier alpha value is -1.12. The number of nitrogens with zero attached hydrogens (tertiary/aromatic N) is 1. The Morgan fingerprint density at radius 2 is 2.00 bits per heavy atom. The summed E-state index contributed by atoms with van der Waals surface area (Å²) in [5, 5.41) is 2.39. The van der Waals surface area contributed by atoms with Crippen LogP contribution in [0.2, 0.25) is 10.2 Å². The van der Waals surface area contributed by atoms with Gasteiger partial charge in [0, 0.05) is 22.5 Å². The maximum Gasteiger partial charge on any atom is 0.150 e. The Kier molecular flexibility index (Phi) is 2.40. The summed E-state index contributed by atoms with van der Waals surface area (Å²) in [6.07, 6.45) is 2.25. The van der Waals surface area contributed by atoms with Gasteiger partial charge in [0.1, 0.15) is 11.4 Å². The summed E-state index contributed by atoms with van der Waals surface area (Å²) in [5.41, 5.74) is 0.559. The summed E-state index contributed by atoms with van der Waals surface area (Å²) in [6.45, 7) is 0. The fraction of sp³-hybridized carbons (Fsp3) is 0. The molecule has 0 aliphatic heterocycles. The van der Waals surface area contributed by atoms with Gasteiger partial charge >= 0.3 is 0 Å². The van der Waals surface area contributed by atoms with Gasteiger partial charge in [-0.1, -0.05) is 35.3 Å². The van der Waals surface area contributed by atoms with Gasteiger partial charge < -0.3 is 0 Å². The Labute approximate surface area is 90.5 Å². The van der Waals surface area contributed by atoms with Crippen molar-refractivity contribution in [1.29, 1.82) is 0 Å². The molecular formula is C10H5Cl2NO. The third-order valence-corrected chi connectivity index (χ3v) is 2.55. The van der Waals surface area contributed by atoms with Gasteiger partial charge in [0.05, 0.1) is 5.02 Å². The number of hydrogen-bond acceptors (Lipinski definition) is 2. The zero-order valence-corrected chi connectivity index (χ0v) is 8.51. The van der Waals surface area contributed by atoms with Crippen LogP contribution in [0.4, 0.5) is 0 Å². The fourth-order valence-electron chi connectivity index (χ4n) is 1.27. The molecule has 0 saturated heterocycles. The van der Waals surface area contributed by atoms with Crippen molar-refractivity contribution in [1.82, 2.24) is 4.98 Å². The molecular weight excluding hydrogens is 221 g/mol. The van der Waals surface area contributed by atoms with E-state index in [1.165, 1.54) is 6.20 Å². The number of rotatable bonds is 1. The number of benzene rings is 1. The van der Waals surface area contributed by atoms with Crippen LogP contribution < -0.4 is 0 Å². The molecule has 1 aromatic carbocycles. The molecule has 0 aliphatic carbocycles. The summed E-state index contributed by atoms with van der Waals surface area (Å²) in [6, 6.07) is 5.12. The highest BCUT2D eigenvalue weighted by atomic mass is 35.5. The van der Waals surface area contributed by atoms with Crippen LogP contribution in [0.15, 0.2) is 24.4 Å². The number of carbonyl (C=O) groups excluding carboxylic acids is 1. The molecule has 0 spiro atoms. The zero-order valence-electron chi connectivity index (χ0n) is 7.00. The fourth-order valence-corrected chi connectivity index (χ4v) is 1.69. The second-order valence-corrected chi connectivity index (χ2v) is 3.59. The lowest BCUT2D eigenvalue weighted by atomic mass is 10.1. The summed E-state index contributed by atoms with van der Waals surface area (Å²) in [5.74, 6) is 0. The van der Waals surface area contributed by atoms with E-state index in [0.717, 1.165) is 11.7 Å². The normalized spacial score (nSPS) is 10.4. The third kappa shape index (κ3) is 1.47. The van der Waals surface area contributed by atoms with Gasteiger partial charge in [0.25, 0.3) is 0 Å². The van der Waals surface area contributed by atoms with Gasteiger partial charge in [-0.2, -0.15) is 0 Å². The standard InChI is InChI=1S/C10H5Cl2NO/c11-9-4-13-10(12)8-3-6(5-14)1-2-7(8)9/h1-5H. The molecule has 14 heavy (non-hydrogen) atoms. The number of halogens is 2. The zero-order chi connectivity index (χ0) is 10.1. The number of carbonyl (C=O) groups is 1. The summed E-state index contributed by atoms with van der Waals surface area (Å²) in [7, 11) is 0. The van der Waals surface area contributed by atoms with Crippen molar-refractivity contribution in [2.24, 2.45) is 0 Å². The Bertz CT molecular complexity index is 511. The van der Waals surface area contributed by atoms with Crippen LogP contribution in [0.1, 0.15) is 10.4 Å². The quantitative estimate of drug-likeness (QED) is 0.551. The van der Waals surface area contributed by atoms with Crippen LogP contribution in [-0.4, -0.2) is 11.3 Å². The number of hydrogen-bond donors (Lipinski definition) is 0. The van der Waals surface area contributed by atoms with Gasteiger partial charge in [-0.3, -0.25) is 4.79 Å². The van der Waals surface area contributed by atoms with Gasteiger partial charge in [-0.15, -0.1) is 0 Å². The summed E-state index contributed by atoms with van der Waals surface area (Å²) in [4.78, 5) is 14.4. The van der Waals surface area contributed by atoms with Crippen LogP contribution in [0.5, 0.6) is 0 Å². The molecule has 4 heteroatoms. The summed E-state index contributed by atoms with van der Waals surface area (Å²) >= 11 is 11.8. The molecule has 0 unspecified atom stereocenters. The highest BCUT2D eigenvalue weighted by Gasteiger charge is 2.04. The topological polar surface area (TPSA) is 30.0 Å². The molecule has 0 saturated carbocycles. The van der Waals surface area contributed by atoms with E-state index >= 15 is 0 Å². The molecule has 0 N–H and O–H groups in total. The maximum atomic E-state index is 10.5. The first-order valence-corrected chi connectivity index (χ1v) is 4.67. The lowest BCUT2D eigenvalue weighted by molar-refractivity contribution is 0.112. The van der Waals surface area contributed by atoms with E-state index in [9.17, 15) is 4.79 Å². The van der Waals surface area contributed by atoms with Crippen LogP contribution >= 0.6 is 23.2 Å². The van der Waals surface area contributed by atoms with Crippen molar-refractivity contribution < 1.29 is 4.79 Å². The molecule has 0 bridgehead atoms. The predicted octanol–water partition coefficient (Wildman–Crippen LogP) is 3.35. The molecule has 1 aromatic heterocycles. The van der Waals surface area contributed by atoms with Crippen LogP contribution in [0.25, 0.3) is 10.8 Å². The number of aromatic nitrogens is 1. The minimum atomic E-state index is 0.355. The van der Waals surface area contributed by atoms with Gasteiger partial charge in [0.15, 0.2) is 0 Å². The second-order valence-electron chi connectivity index (χ2n) is 2.82. The molecule has 0 aliphatic rings. The molecule has 0 amide bonds. The van der Waals surface area contributed by atoms with E-state index in [2.05, 4.69) is 4.98 Å². The molecule has 2 nitrogen and oxygen atoms in total. The molecule has 0 fully saturated rings. The number of pyridine rings is 1. The molecule has 2 aromatic rings. The Balaban J connectivity index is 2.86. The molecule has 0 radical (unpaired) electrons. The summed E-state index contributed by atoms with van der Waals surface area (Å²) < 4.78 is 0. The van der Waals surface area contributed by atoms with Crippen molar-refractivity contribution in [2.75, 3.05) is 0 Å². The Morgan fingerprint density at radius 3 is 2.71 bits per heavy atom. The maximum absolute atomic E-state index is 10.5. The van der Waals surface area contributed by atoms with Crippen LogP contribution in [0.3, 0.4) is 0 Å². The SMILES string of the molecule is O=Cc1ccc2c(Cl)cnc(Cl)c2c1. The first kappa shape index (κ1) is 9.44. The number of fused-ring (bicyclic) bond motifs is 1. The second kappa shape index (κ2) is 3.56. The lowest BCUT2D eigenvalue weighted by Crippen LogP contribution is -1.84. The van der Waals surface area contributed by atoms with E-state index in [1.54, 1.807) is 18.2 Å². The van der Waals surface area contributed by atoms with Crippen molar-refractivity contribution in [3.8, 4) is 0 Å². The van der Waals surface area contributed by atoms with E-state index in [4.69, 9.17) is 23.2 Å². The van der Waals surface area contributed by atoms with Gasteiger partial charge in [-0.25, -0.2) is 4.98 Å². The average molecular weight is 226 g/mol. The molecule has 2 rings (SSSR count). The first-order chi connectivity index (χ1) is 6.72. The third-order valence-electron chi connectivity index (χ3n) is 1.95. The monoisotopic (exact) mass is 225 g/mol. The van der Waals surface area contributed by atoms with Gasteiger partial charge in [0.2, 0.25) is 0 Å². The highest BCUT2D eigenvalue weighted by Crippen LogP contribution is 2.27. The van der Waals surface area contributed by atoms with E-state index < -0.39 is 0 Å². The van der Waals surface area contributed by atoms with E-state index in [0.29, 0.717) is 21.1 Å². The largest absolute Gasteiger partial charge is 0.298 e.